The zero-order valence-corrected chi connectivity index (χ0v) is 17.1. The molecule has 0 aromatic heterocycles. The van der Waals surface area contributed by atoms with Crippen molar-refractivity contribution in [2.45, 2.75) is 45.9 Å². The predicted octanol–water partition coefficient (Wildman–Crippen LogP) is 4.07. The van der Waals surface area contributed by atoms with Crippen LogP contribution in [0.25, 0.3) is 6.08 Å². The van der Waals surface area contributed by atoms with Crippen molar-refractivity contribution in [3.8, 4) is 0 Å². The zero-order valence-electron chi connectivity index (χ0n) is 17.1. The molecular weight excluding hydrogens is 364 g/mol. The van der Waals surface area contributed by atoms with Crippen LogP contribution in [0.3, 0.4) is 0 Å². The lowest BCUT2D eigenvalue weighted by Crippen LogP contribution is -2.23. The van der Waals surface area contributed by atoms with E-state index in [9.17, 15) is 9.59 Å². The Hall–Kier alpha value is -2.92. The van der Waals surface area contributed by atoms with Gasteiger partial charge < -0.3 is 15.0 Å². The van der Waals surface area contributed by atoms with E-state index in [0.29, 0.717) is 19.6 Å². The molecule has 5 heteroatoms. The van der Waals surface area contributed by atoms with Crippen LogP contribution in [0, 0.1) is 0 Å². The van der Waals surface area contributed by atoms with Crippen LogP contribution in [-0.2, 0) is 27.5 Å². The fourth-order valence-electron chi connectivity index (χ4n) is 3.12. The van der Waals surface area contributed by atoms with Crippen molar-refractivity contribution >= 4 is 23.6 Å². The first-order valence-corrected chi connectivity index (χ1v) is 10.1. The second-order valence-corrected chi connectivity index (χ2v) is 7.47. The Morgan fingerprint density at radius 3 is 2.41 bits per heavy atom. The molecule has 0 atom stereocenters. The maximum Gasteiger partial charge on any atom is 0.244 e. The van der Waals surface area contributed by atoms with Crippen LogP contribution in [-0.4, -0.2) is 24.5 Å². The minimum atomic E-state index is -0.143. The minimum Gasteiger partial charge on any atom is -0.374 e. The van der Waals surface area contributed by atoms with Gasteiger partial charge in [-0.2, -0.15) is 0 Å². The van der Waals surface area contributed by atoms with Gasteiger partial charge in [0.1, 0.15) is 0 Å². The Balaban J connectivity index is 1.46. The van der Waals surface area contributed by atoms with Gasteiger partial charge in [0.15, 0.2) is 0 Å². The first kappa shape index (κ1) is 20.8. The lowest BCUT2D eigenvalue weighted by atomic mass is 10.1. The first-order chi connectivity index (χ1) is 14.0. The van der Waals surface area contributed by atoms with E-state index in [4.69, 9.17) is 4.74 Å². The number of anilines is 1. The van der Waals surface area contributed by atoms with Gasteiger partial charge in [-0.1, -0.05) is 36.4 Å². The van der Waals surface area contributed by atoms with E-state index < -0.39 is 0 Å². The Kier molecular flexibility index (Phi) is 7.19. The van der Waals surface area contributed by atoms with E-state index in [1.807, 2.05) is 62.4 Å². The van der Waals surface area contributed by atoms with Gasteiger partial charge >= 0.3 is 0 Å². The summed E-state index contributed by atoms with van der Waals surface area (Å²) in [6.07, 6.45) is 5.04. The second-order valence-electron chi connectivity index (χ2n) is 7.47. The lowest BCUT2D eigenvalue weighted by Gasteiger charge is -2.15. The molecule has 0 radical (unpaired) electrons. The molecule has 0 aliphatic carbocycles. The molecule has 1 heterocycles. The van der Waals surface area contributed by atoms with Gasteiger partial charge in [-0.25, -0.2) is 0 Å². The maximum atomic E-state index is 12.1. The quantitative estimate of drug-likeness (QED) is 0.689. The van der Waals surface area contributed by atoms with Gasteiger partial charge in [0.2, 0.25) is 11.8 Å². The van der Waals surface area contributed by atoms with Gasteiger partial charge in [-0.15, -0.1) is 0 Å². The van der Waals surface area contributed by atoms with Crippen molar-refractivity contribution in [3.63, 3.8) is 0 Å². The summed E-state index contributed by atoms with van der Waals surface area (Å²) in [5.74, 6) is 0.0316. The van der Waals surface area contributed by atoms with Crippen LogP contribution in [0.5, 0.6) is 0 Å². The Morgan fingerprint density at radius 1 is 1.10 bits per heavy atom. The molecule has 2 aromatic carbocycles. The van der Waals surface area contributed by atoms with Crippen molar-refractivity contribution in [3.05, 3.63) is 71.3 Å². The smallest absolute Gasteiger partial charge is 0.244 e. The van der Waals surface area contributed by atoms with Crippen molar-refractivity contribution in [2.75, 3.05) is 11.4 Å². The number of carbonyl (C=O) groups is 2. The maximum absolute atomic E-state index is 12.1. The third-order valence-electron chi connectivity index (χ3n) is 4.78. The van der Waals surface area contributed by atoms with E-state index in [-0.39, 0.29) is 17.9 Å². The summed E-state index contributed by atoms with van der Waals surface area (Å²) < 4.78 is 5.58. The van der Waals surface area contributed by atoms with Crippen LogP contribution < -0.4 is 10.2 Å². The Labute approximate surface area is 172 Å². The van der Waals surface area contributed by atoms with Crippen LogP contribution in [0.4, 0.5) is 5.69 Å². The van der Waals surface area contributed by atoms with E-state index >= 15 is 0 Å². The third-order valence-corrected chi connectivity index (χ3v) is 4.78. The van der Waals surface area contributed by atoms with Gasteiger partial charge in [-0.3, -0.25) is 9.59 Å². The number of ether oxygens (including phenoxy) is 1. The fourth-order valence-corrected chi connectivity index (χ4v) is 3.12. The third kappa shape index (κ3) is 6.29. The first-order valence-electron chi connectivity index (χ1n) is 10.1. The molecular formula is C24H28N2O3. The molecule has 0 unspecified atom stereocenters. The van der Waals surface area contributed by atoms with E-state index in [1.165, 1.54) is 6.08 Å². The van der Waals surface area contributed by atoms with Crippen LogP contribution >= 0.6 is 0 Å². The lowest BCUT2D eigenvalue weighted by molar-refractivity contribution is -0.117. The van der Waals surface area contributed by atoms with E-state index in [1.54, 1.807) is 11.0 Å². The van der Waals surface area contributed by atoms with Crippen molar-refractivity contribution in [1.29, 1.82) is 0 Å². The molecule has 29 heavy (non-hydrogen) atoms. The molecule has 0 saturated carbocycles. The molecule has 0 bridgehead atoms. The van der Waals surface area contributed by atoms with Crippen molar-refractivity contribution in [1.82, 2.24) is 5.32 Å². The number of nitrogens with one attached hydrogen (secondary N) is 1. The average Bonchev–Trinajstić information content (AvgIpc) is 3.16. The predicted molar refractivity (Wildman–Crippen MR) is 115 cm³/mol. The number of hydrogen-bond donors (Lipinski definition) is 1. The molecule has 2 amide bonds. The summed E-state index contributed by atoms with van der Waals surface area (Å²) in [5, 5.41) is 2.89. The number of rotatable bonds is 8. The summed E-state index contributed by atoms with van der Waals surface area (Å²) >= 11 is 0. The molecule has 3 rings (SSSR count). The van der Waals surface area contributed by atoms with Crippen LogP contribution in [0.15, 0.2) is 54.6 Å². The monoisotopic (exact) mass is 392 g/mol. The largest absolute Gasteiger partial charge is 0.374 e. The highest BCUT2D eigenvalue weighted by molar-refractivity contribution is 5.95. The molecule has 5 nitrogen and oxygen atoms in total. The average molecular weight is 392 g/mol. The van der Waals surface area contributed by atoms with Gasteiger partial charge in [0.05, 0.1) is 12.7 Å². The van der Waals surface area contributed by atoms with Gasteiger partial charge in [-0.05, 0) is 55.2 Å². The molecule has 2 aromatic rings. The molecule has 1 aliphatic heterocycles. The number of nitrogens with zero attached hydrogens (tertiary/aromatic N) is 1. The molecule has 0 spiro atoms. The van der Waals surface area contributed by atoms with Gasteiger partial charge in [0, 0.05) is 31.3 Å². The highest BCUT2D eigenvalue weighted by atomic mass is 16.5. The number of hydrogen-bond acceptors (Lipinski definition) is 3. The zero-order chi connectivity index (χ0) is 20.6. The summed E-state index contributed by atoms with van der Waals surface area (Å²) in [6.45, 7) is 5.88. The van der Waals surface area contributed by atoms with Gasteiger partial charge in [0.25, 0.3) is 0 Å². The fraction of sp³-hybridized carbons (Fsp3) is 0.333. The molecule has 1 aliphatic rings. The normalized spacial score (nSPS) is 14.2. The highest BCUT2D eigenvalue weighted by Gasteiger charge is 2.21. The molecule has 1 N–H and O–H groups in total. The summed E-state index contributed by atoms with van der Waals surface area (Å²) in [6, 6.07) is 15.7. The minimum absolute atomic E-state index is 0.143. The molecule has 1 fully saturated rings. The highest BCUT2D eigenvalue weighted by Crippen LogP contribution is 2.21. The number of amides is 2. The summed E-state index contributed by atoms with van der Waals surface area (Å²) in [5.41, 5.74) is 3.99. The van der Waals surface area contributed by atoms with E-state index in [2.05, 4.69) is 5.32 Å². The second kappa shape index (κ2) is 10.0. The van der Waals surface area contributed by atoms with Crippen LogP contribution in [0.2, 0.25) is 0 Å². The SMILES string of the molecule is CC(C)OCc1ccc(CNC(=O)/C=C/c2ccc(N3CCCC3=O)cc2)cc1. The van der Waals surface area contributed by atoms with Crippen LogP contribution in [0.1, 0.15) is 43.4 Å². The summed E-state index contributed by atoms with van der Waals surface area (Å²) in [7, 11) is 0. The Morgan fingerprint density at radius 2 is 1.79 bits per heavy atom. The molecule has 152 valence electrons. The number of carbonyl (C=O) groups excluding carboxylic acids is 2. The molecule has 1 saturated heterocycles. The number of benzene rings is 2. The van der Waals surface area contributed by atoms with Crippen molar-refractivity contribution in [2.24, 2.45) is 0 Å². The van der Waals surface area contributed by atoms with E-state index in [0.717, 1.165) is 35.3 Å². The van der Waals surface area contributed by atoms with Crippen molar-refractivity contribution < 1.29 is 14.3 Å². The standard InChI is InChI=1S/C24H28N2O3/c1-18(2)29-17-21-7-5-20(6-8-21)16-25-23(27)14-11-19-9-12-22(13-10-19)26-15-3-4-24(26)28/h5-14,18H,3-4,15-17H2,1-2H3,(H,25,27)/b14-11+. The summed E-state index contributed by atoms with van der Waals surface area (Å²) in [4.78, 5) is 25.7. The topological polar surface area (TPSA) is 58.6 Å². The Bertz CT molecular complexity index is 855.